The van der Waals surface area contributed by atoms with Crippen LogP contribution in [0.4, 0.5) is 0 Å². The van der Waals surface area contributed by atoms with Gasteiger partial charge in [0.1, 0.15) is 23.9 Å². The molecule has 0 spiro atoms. The van der Waals surface area contributed by atoms with Gasteiger partial charge in [0.25, 0.3) is 0 Å². The molecule has 6 N–H and O–H groups in total. The van der Waals surface area contributed by atoms with Gasteiger partial charge in [-0.25, -0.2) is 0 Å². The monoisotopic (exact) mass is 611 g/mol. The minimum absolute atomic E-state index is 0.0179. The quantitative estimate of drug-likeness (QED) is 0.109. The maximum Gasteiger partial charge on any atom is 0.321 e. The highest BCUT2D eigenvalue weighted by Gasteiger charge is 2.35. The molecule has 43 heavy (non-hydrogen) atoms. The Hall–Kier alpha value is -3.75. The second kappa shape index (κ2) is 18.0. The molecule has 0 heterocycles. The summed E-state index contributed by atoms with van der Waals surface area (Å²) in [5.74, 6) is -7.05. The van der Waals surface area contributed by atoms with Crippen LogP contribution in [0.15, 0.2) is 24.3 Å². The fourth-order valence-electron chi connectivity index (χ4n) is 5.11. The molecular formula is C29H45N3O11. The lowest BCUT2D eigenvalue weighted by Gasteiger charge is -2.37. The third-order valence-electron chi connectivity index (χ3n) is 7.78. The number of phenolic OH excluding ortho intramolecular Hbond substituents is 1. The first-order valence-corrected chi connectivity index (χ1v) is 14.2. The highest BCUT2D eigenvalue weighted by atomic mass is 16.4. The number of carboxylic acids is 5. The van der Waals surface area contributed by atoms with E-state index < -0.39 is 72.9 Å². The minimum atomic E-state index is -1.26. The molecule has 0 aliphatic carbocycles. The lowest BCUT2D eigenvalue weighted by molar-refractivity contribution is -0.150. The predicted octanol–water partition coefficient (Wildman–Crippen LogP) is 1.46. The number of nitrogens with zero attached hydrogens (tertiary/aromatic N) is 3. The molecule has 0 aliphatic heterocycles. The van der Waals surface area contributed by atoms with E-state index in [0.717, 1.165) is 0 Å². The molecule has 1 aromatic rings. The topological polar surface area (TPSA) is 216 Å². The van der Waals surface area contributed by atoms with Crippen LogP contribution in [0.3, 0.4) is 0 Å². The molecule has 5 atom stereocenters. The van der Waals surface area contributed by atoms with Crippen molar-refractivity contribution in [1.29, 1.82) is 0 Å². The van der Waals surface area contributed by atoms with Crippen LogP contribution >= 0.6 is 0 Å². The van der Waals surface area contributed by atoms with Crippen LogP contribution < -0.4 is 0 Å². The van der Waals surface area contributed by atoms with Crippen molar-refractivity contribution in [1.82, 2.24) is 14.7 Å². The second-order valence-corrected chi connectivity index (χ2v) is 10.8. The van der Waals surface area contributed by atoms with Crippen LogP contribution in [0.1, 0.15) is 46.1 Å². The van der Waals surface area contributed by atoms with Crippen LogP contribution in [0.25, 0.3) is 0 Å². The molecule has 1 aromatic carbocycles. The van der Waals surface area contributed by atoms with Crippen molar-refractivity contribution >= 4 is 29.8 Å². The lowest BCUT2D eigenvalue weighted by atomic mass is 9.97. The zero-order valence-electron chi connectivity index (χ0n) is 25.1. The zero-order chi connectivity index (χ0) is 32.9. The number of carboxylic acid groups (broad SMARTS) is 5. The fourth-order valence-corrected chi connectivity index (χ4v) is 5.11. The van der Waals surface area contributed by atoms with Crippen molar-refractivity contribution in [2.45, 2.75) is 65.1 Å². The first-order valence-electron chi connectivity index (χ1n) is 14.2. The number of carbonyl (C=O) groups is 5. The molecule has 1 rings (SSSR count). The smallest absolute Gasteiger partial charge is 0.321 e. The second-order valence-electron chi connectivity index (χ2n) is 10.8. The number of aliphatic carboxylic acids is 5. The average molecular weight is 612 g/mol. The first-order chi connectivity index (χ1) is 20.1. The van der Waals surface area contributed by atoms with Gasteiger partial charge >= 0.3 is 29.8 Å². The van der Waals surface area contributed by atoms with Crippen LogP contribution in [-0.4, -0.2) is 133 Å². The van der Waals surface area contributed by atoms with Crippen molar-refractivity contribution in [3.8, 4) is 5.75 Å². The maximum atomic E-state index is 12.6. The summed E-state index contributed by atoms with van der Waals surface area (Å²) in [5, 5.41) is 58.7. The van der Waals surface area contributed by atoms with E-state index in [1.807, 2.05) is 0 Å². The number of hydrogen-bond acceptors (Lipinski definition) is 9. The van der Waals surface area contributed by atoms with Crippen molar-refractivity contribution in [2.75, 3.05) is 39.3 Å². The van der Waals surface area contributed by atoms with E-state index in [-0.39, 0.29) is 38.3 Å². The van der Waals surface area contributed by atoms with Gasteiger partial charge in [0.15, 0.2) is 0 Å². The first kappa shape index (κ1) is 37.3. The Morgan fingerprint density at radius 2 is 1.00 bits per heavy atom. The Morgan fingerprint density at radius 3 is 1.30 bits per heavy atom. The Kier molecular flexibility index (Phi) is 15.6. The van der Waals surface area contributed by atoms with E-state index in [9.17, 15) is 54.6 Å². The number of rotatable bonds is 22. The van der Waals surface area contributed by atoms with Gasteiger partial charge in [0.2, 0.25) is 0 Å². The molecule has 242 valence electrons. The molecule has 14 heteroatoms. The van der Waals surface area contributed by atoms with Gasteiger partial charge in [-0.3, -0.25) is 38.7 Å². The van der Waals surface area contributed by atoms with E-state index in [1.54, 1.807) is 39.8 Å². The van der Waals surface area contributed by atoms with Crippen LogP contribution in [0, 0.1) is 11.8 Å². The van der Waals surface area contributed by atoms with Gasteiger partial charge in [-0.2, -0.15) is 0 Å². The largest absolute Gasteiger partial charge is 0.508 e. The fraction of sp³-hybridized carbons (Fsp3) is 0.621. The lowest BCUT2D eigenvalue weighted by Crippen LogP contribution is -2.55. The summed E-state index contributed by atoms with van der Waals surface area (Å²) in [6.45, 7) is 5.21. The van der Waals surface area contributed by atoms with Crippen LogP contribution in [0.5, 0.6) is 5.75 Å². The molecule has 0 aromatic heterocycles. The van der Waals surface area contributed by atoms with Gasteiger partial charge < -0.3 is 30.6 Å². The maximum absolute atomic E-state index is 12.6. The molecule has 0 saturated carbocycles. The van der Waals surface area contributed by atoms with Gasteiger partial charge in [-0.1, -0.05) is 52.7 Å². The molecule has 0 radical (unpaired) electrons. The normalized spacial score (nSPS) is 15.1. The van der Waals surface area contributed by atoms with E-state index in [4.69, 9.17) is 0 Å². The summed E-state index contributed by atoms with van der Waals surface area (Å²) in [6, 6.07) is 2.35. The van der Waals surface area contributed by atoms with E-state index in [1.165, 1.54) is 26.8 Å². The zero-order valence-corrected chi connectivity index (χ0v) is 25.1. The number of phenols is 1. The molecule has 14 nitrogen and oxygen atoms in total. The standard InChI is InChI=1S/C29H45N3O11/c1-5-18(3)25(28(40)41)31(16-23(34)35)13-11-30(22(27(38)39)15-20-7-9-21(33)10-8-20)12-14-32(17-24(36)37)26(29(42)43)19(4)6-2/h7-10,18-19,22,25-26,33H,5-6,11-17H2,1-4H3,(H,34,35)(H,36,37)(H,38,39)(H,40,41)(H,42,43). The number of benzene rings is 1. The van der Waals surface area contributed by atoms with Crippen LogP contribution in [-0.2, 0) is 30.4 Å². The highest BCUT2D eigenvalue weighted by Crippen LogP contribution is 2.19. The molecule has 0 saturated heterocycles. The highest BCUT2D eigenvalue weighted by molar-refractivity contribution is 5.77. The summed E-state index contributed by atoms with van der Waals surface area (Å²) in [7, 11) is 0. The van der Waals surface area contributed by atoms with E-state index >= 15 is 0 Å². The number of hydrogen-bond donors (Lipinski definition) is 6. The SMILES string of the molecule is CCC(C)C(C(=O)O)N(CCN(CCN(CC(=O)O)C(C(=O)O)C(C)CC)C(Cc1ccc(O)cc1)C(=O)O)CC(=O)O. The minimum Gasteiger partial charge on any atom is -0.508 e. The van der Waals surface area contributed by atoms with Gasteiger partial charge in [-0.05, 0) is 36.0 Å². The van der Waals surface area contributed by atoms with Crippen molar-refractivity contribution in [3.05, 3.63) is 29.8 Å². The Labute approximate surface area is 251 Å². The molecule has 0 amide bonds. The molecule has 0 aliphatic rings. The third-order valence-corrected chi connectivity index (χ3v) is 7.78. The van der Waals surface area contributed by atoms with Gasteiger partial charge in [0.05, 0.1) is 13.1 Å². The van der Waals surface area contributed by atoms with Gasteiger partial charge in [-0.15, -0.1) is 0 Å². The van der Waals surface area contributed by atoms with Gasteiger partial charge in [0, 0.05) is 26.2 Å². The summed E-state index contributed by atoms with van der Waals surface area (Å²) >= 11 is 0. The molecular weight excluding hydrogens is 566 g/mol. The molecule has 0 bridgehead atoms. The predicted molar refractivity (Wildman–Crippen MR) is 155 cm³/mol. The third kappa shape index (κ3) is 12.2. The average Bonchev–Trinajstić information content (AvgIpc) is 2.91. The Bertz CT molecular complexity index is 1030. The molecule has 5 unspecified atom stereocenters. The Balaban J connectivity index is 3.49. The summed E-state index contributed by atoms with van der Waals surface area (Å²) < 4.78 is 0. The summed E-state index contributed by atoms with van der Waals surface area (Å²) in [6.07, 6.45) is 0.854. The van der Waals surface area contributed by atoms with Crippen molar-refractivity contribution in [2.24, 2.45) is 11.8 Å². The molecule has 0 fully saturated rings. The summed E-state index contributed by atoms with van der Waals surface area (Å²) in [4.78, 5) is 64.2. The van der Waals surface area contributed by atoms with E-state index in [2.05, 4.69) is 0 Å². The number of aromatic hydroxyl groups is 1. The van der Waals surface area contributed by atoms with Crippen LogP contribution in [0.2, 0.25) is 0 Å². The van der Waals surface area contributed by atoms with E-state index in [0.29, 0.717) is 18.4 Å². The van der Waals surface area contributed by atoms with Crippen molar-refractivity contribution < 1.29 is 54.6 Å². The Morgan fingerprint density at radius 1 is 0.628 bits per heavy atom. The summed E-state index contributed by atoms with van der Waals surface area (Å²) in [5.41, 5.74) is 0.561. The van der Waals surface area contributed by atoms with Crippen molar-refractivity contribution in [3.63, 3.8) is 0 Å².